The van der Waals surface area contributed by atoms with E-state index in [1.807, 2.05) is 0 Å². The number of phenolic OH excluding ortho intramolecular Hbond substituents is 1. The minimum absolute atomic E-state index is 0.173. The summed E-state index contributed by atoms with van der Waals surface area (Å²) in [5.74, 6) is 0.218. The summed E-state index contributed by atoms with van der Waals surface area (Å²) in [6, 6.07) is 3.13. The Hall–Kier alpha value is -1.75. The number of methoxy groups -OCH3 is 2. The molecule has 0 spiro atoms. The largest absolute Gasteiger partial charge is 0.504 e. The fraction of sp³-hybridized carbons (Fsp3) is 0.417. The molecule has 0 bridgehead atoms. The van der Waals surface area contributed by atoms with Gasteiger partial charge in [-0.3, -0.25) is 4.79 Å². The third kappa shape index (κ3) is 2.88. The van der Waals surface area contributed by atoms with Crippen molar-refractivity contribution >= 4 is 5.78 Å². The number of phenols is 1. The molecule has 0 heterocycles. The summed E-state index contributed by atoms with van der Waals surface area (Å²) in [6.07, 6.45) is 0. The van der Waals surface area contributed by atoms with Crippen molar-refractivity contribution in [3.8, 4) is 17.2 Å². The molecule has 94 valence electrons. The van der Waals surface area contributed by atoms with Crippen LogP contribution in [-0.4, -0.2) is 50.6 Å². The zero-order chi connectivity index (χ0) is 13.0. The van der Waals surface area contributed by atoms with Crippen LogP contribution in [0.3, 0.4) is 0 Å². The van der Waals surface area contributed by atoms with Crippen molar-refractivity contribution in [1.29, 1.82) is 0 Å². The molecule has 0 radical (unpaired) electrons. The van der Waals surface area contributed by atoms with E-state index in [-0.39, 0.29) is 29.4 Å². The summed E-state index contributed by atoms with van der Waals surface area (Å²) in [5, 5.41) is 9.94. The van der Waals surface area contributed by atoms with Crippen molar-refractivity contribution in [2.24, 2.45) is 0 Å². The zero-order valence-corrected chi connectivity index (χ0v) is 10.5. The van der Waals surface area contributed by atoms with E-state index in [1.54, 1.807) is 25.1 Å². The van der Waals surface area contributed by atoms with E-state index in [1.165, 1.54) is 20.3 Å². The number of likely N-dealkylation sites (N-methyl/N-ethyl adjacent to an activating group) is 1. The fourth-order valence-electron chi connectivity index (χ4n) is 1.51. The fourth-order valence-corrected chi connectivity index (χ4v) is 1.51. The highest BCUT2D eigenvalue weighted by molar-refractivity contribution is 6.01. The van der Waals surface area contributed by atoms with Crippen molar-refractivity contribution in [2.45, 2.75) is 0 Å². The number of hydrogen-bond acceptors (Lipinski definition) is 5. The second-order valence-electron chi connectivity index (χ2n) is 3.86. The van der Waals surface area contributed by atoms with Crippen LogP contribution in [0.5, 0.6) is 17.2 Å². The Balaban J connectivity index is 3.14. The van der Waals surface area contributed by atoms with E-state index in [2.05, 4.69) is 0 Å². The monoisotopic (exact) mass is 239 g/mol. The highest BCUT2D eigenvalue weighted by atomic mass is 16.5. The third-order valence-corrected chi connectivity index (χ3v) is 2.28. The lowest BCUT2D eigenvalue weighted by Crippen LogP contribution is -2.21. The van der Waals surface area contributed by atoms with Crippen molar-refractivity contribution in [2.75, 3.05) is 34.9 Å². The van der Waals surface area contributed by atoms with Gasteiger partial charge in [-0.1, -0.05) is 0 Å². The van der Waals surface area contributed by atoms with Gasteiger partial charge in [0.25, 0.3) is 0 Å². The molecule has 0 aliphatic heterocycles. The van der Waals surface area contributed by atoms with E-state index in [9.17, 15) is 9.90 Å². The highest BCUT2D eigenvalue weighted by Gasteiger charge is 2.19. The molecule has 17 heavy (non-hydrogen) atoms. The maximum atomic E-state index is 11.8. The molecular weight excluding hydrogens is 222 g/mol. The van der Waals surface area contributed by atoms with E-state index in [0.717, 1.165) is 0 Å². The first kappa shape index (κ1) is 13.3. The lowest BCUT2D eigenvalue weighted by molar-refractivity contribution is 0.0954. The number of ether oxygens (including phenoxy) is 2. The Kier molecular flexibility index (Phi) is 4.34. The molecule has 0 saturated carbocycles. The highest BCUT2D eigenvalue weighted by Crippen LogP contribution is 2.38. The van der Waals surface area contributed by atoms with Crippen LogP contribution in [0.25, 0.3) is 0 Å². The van der Waals surface area contributed by atoms with Crippen LogP contribution >= 0.6 is 0 Å². The first-order chi connectivity index (χ1) is 8.01. The SMILES string of the molecule is COc1ccc(C(=O)CN(C)C)c(O)c1OC. The molecule has 1 aromatic rings. The number of aromatic hydroxyl groups is 1. The Labute approximate surface area is 101 Å². The quantitative estimate of drug-likeness (QED) is 0.781. The van der Waals surface area contributed by atoms with Crippen LogP contribution in [0.4, 0.5) is 0 Å². The van der Waals surface area contributed by atoms with Gasteiger partial charge in [0.15, 0.2) is 17.3 Å². The van der Waals surface area contributed by atoms with Crippen molar-refractivity contribution < 1.29 is 19.4 Å². The summed E-state index contributed by atoms with van der Waals surface area (Å²) in [6.45, 7) is 0.225. The number of nitrogens with zero attached hydrogens (tertiary/aromatic N) is 1. The standard InChI is InChI=1S/C12H17NO4/c1-13(2)7-9(14)8-5-6-10(16-3)12(17-4)11(8)15/h5-6,15H,7H2,1-4H3. The van der Waals surface area contributed by atoms with Crippen LogP contribution in [0, 0.1) is 0 Å². The molecule has 0 fully saturated rings. The van der Waals surface area contributed by atoms with Crippen LogP contribution in [0.15, 0.2) is 12.1 Å². The molecule has 0 aliphatic carbocycles. The number of carbonyl (C=O) groups is 1. The number of ketones is 1. The predicted molar refractivity (Wildman–Crippen MR) is 64.1 cm³/mol. The molecule has 1 rings (SSSR count). The molecule has 0 amide bonds. The summed E-state index contributed by atoms with van der Waals surface area (Å²) >= 11 is 0. The number of carbonyl (C=O) groups excluding carboxylic acids is 1. The molecular formula is C12H17NO4. The molecule has 0 saturated heterocycles. The van der Waals surface area contributed by atoms with E-state index >= 15 is 0 Å². The van der Waals surface area contributed by atoms with Gasteiger partial charge in [0.2, 0.25) is 5.75 Å². The van der Waals surface area contributed by atoms with Crippen molar-refractivity contribution in [3.63, 3.8) is 0 Å². The molecule has 0 atom stereocenters. The molecule has 0 aromatic heterocycles. The lowest BCUT2D eigenvalue weighted by Gasteiger charge is -2.13. The lowest BCUT2D eigenvalue weighted by atomic mass is 10.1. The second kappa shape index (κ2) is 5.54. The normalized spacial score (nSPS) is 10.4. The minimum atomic E-state index is -0.182. The van der Waals surface area contributed by atoms with E-state index in [4.69, 9.17) is 9.47 Å². The smallest absolute Gasteiger partial charge is 0.203 e. The Morgan fingerprint density at radius 2 is 1.94 bits per heavy atom. The molecule has 5 nitrogen and oxygen atoms in total. The summed E-state index contributed by atoms with van der Waals surface area (Å²) in [5.41, 5.74) is 0.233. The van der Waals surface area contributed by atoms with Gasteiger partial charge in [-0.05, 0) is 26.2 Å². The van der Waals surface area contributed by atoms with Gasteiger partial charge in [-0.2, -0.15) is 0 Å². The van der Waals surface area contributed by atoms with Gasteiger partial charge in [0.1, 0.15) is 0 Å². The van der Waals surface area contributed by atoms with Gasteiger partial charge in [-0.15, -0.1) is 0 Å². The average molecular weight is 239 g/mol. The molecule has 5 heteroatoms. The Morgan fingerprint density at radius 3 is 2.41 bits per heavy atom. The van der Waals surface area contributed by atoms with Gasteiger partial charge in [0, 0.05) is 0 Å². The van der Waals surface area contributed by atoms with Crippen molar-refractivity contribution in [3.05, 3.63) is 17.7 Å². The van der Waals surface area contributed by atoms with Gasteiger partial charge in [-0.25, -0.2) is 0 Å². The summed E-state index contributed by atoms with van der Waals surface area (Å²) in [7, 11) is 6.46. The van der Waals surface area contributed by atoms with Gasteiger partial charge in [0.05, 0.1) is 26.3 Å². The maximum Gasteiger partial charge on any atom is 0.203 e. The average Bonchev–Trinajstić information content (AvgIpc) is 2.27. The molecule has 1 N–H and O–H groups in total. The Bertz CT molecular complexity index is 415. The number of benzene rings is 1. The predicted octanol–water partition coefficient (Wildman–Crippen LogP) is 1.15. The number of hydrogen-bond donors (Lipinski definition) is 1. The zero-order valence-electron chi connectivity index (χ0n) is 10.5. The Morgan fingerprint density at radius 1 is 1.29 bits per heavy atom. The van der Waals surface area contributed by atoms with E-state index in [0.29, 0.717) is 5.75 Å². The summed E-state index contributed by atoms with van der Waals surface area (Å²) in [4.78, 5) is 13.6. The van der Waals surface area contributed by atoms with Gasteiger partial charge >= 0.3 is 0 Å². The van der Waals surface area contributed by atoms with Gasteiger partial charge < -0.3 is 19.5 Å². The first-order valence-electron chi connectivity index (χ1n) is 5.13. The second-order valence-corrected chi connectivity index (χ2v) is 3.86. The number of Topliss-reactive ketones (excluding diaryl/α,β-unsaturated/α-hetero) is 1. The number of rotatable bonds is 5. The topological polar surface area (TPSA) is 59.0 Å². The minimum Gasteiger partial charge on any atom is -0.504 e. The molecule has 0 aliphatic rings. The van der Waals surface area contributed by atoms with Crippen LogP contribution < -0.4 is 9.47 Å². The van der Waals surface area contributed by atoms with Crippen LogP contribution in [-0.2, 0) is 0 Å². The first-order valence-corrected chi connectivity index (χ1v) is 5.13. The maximum absolute atomic E-state index is 11.8. The molecule has 1 aromatic carbocycles. The van der Waals surface area contributed by atoms with E-state index < -0.39 is 0 Å². The van der Waals surface area contributed by atoms with Crippen LogP contribution in [0.2, 0.25) is 0 Å². The van der Waals surface area contributed by atoms with Crippen LogP contribution in [0.1, 0.15) is 10.4 Å². The van der Waals surface area contributed by atoms with Crippen molar-refractivity contribution in [1.82, 2.24) is 4.90 Å². The summed E-state index contributed by atoms with van der Waals surface area (Å²) < 4.78 is 10.0. The molecule has 0 unspecified atom stereocenters. The third-order valence-electron chi connectivity index (χ3n) is 2.28.